The summed E-state index contributed by atoms with van der Waals surface area (Å²) in [5, 5.41) is 3.68. The lowest BCUT2D eigenvalue weighted by Crippen LogP contribution is -2.28. The molecule has 6 heteroatoms. The van der Waals surface area contributed by atoms with Crippen LogP contribution in [0.15, 0.2) is 39.9 Å². The summed E-state index contributed by atoms with van der Waals surface area (Å²) >= 11 is 3.48. The van der Waals surface area contributed by atoms with Crippen LogP contribution in [0.25, 0.3) is 10.9 Å². The van der Waals surface area contributed by atoms with E-state index in [4.69, 9.17) is 5.73 Å². The first-order chi connectivity index (χ1) is 8.66. The Morgan fingerprint density at radius 1 is 1.33 bits per heavy atom. The third kappa shape index (κ3) is 1.65. The number of carbonyl (C=O) groups is 1. The van der Waals surface area contributed by atoms with E-state index in [1.165, 1.54) is 0 Å². The number of amidine groups is 1. The second-order valence-electron chi connectivity index (χ2n) is 3.96. The first-order valence-electron chi connectivity index (χ1n) is 5.34. The first-order valence-corrected chi connectivity index (χ1v) is 6.14. The summed E-state index contributed by atoms with van der Waals surface area (Å²) in [5.74, 6) is 0.272. The lowest BCUT2D eigenvalue weighted by molar-refractivity contribution is 0.250. The molecule has 3 rings (SSSR count). The van der Waals surface area contributed by atoms with Crippen LogP contribution in [0.4, 0.5) is 4.79 Å². The minimum atomic E-state index is -0.413. The Morgan fingerprint density at radius 3 is 2.89 bits per heavy atom. The Kier molecular flexibility index (Phi) is 2.52. The van der Waals surface area contributed by atoms with Crippen molar-refractivity contribution in [3.8, 4) is 0 Å². The lowest BCUT2D eigenvalue weighted by atomic mass is 10.0. The molecule has 1 aliphatic rings. The molecule has 0 aliphatic carbocycles. The van der Waals surface area contributed by atoms with Crippen molar-refractivity contribution in [1.29, 1.82) is 0 Å². The molecule has 1 aromatic carbocycles. The molecule has 0 saturated heterocycles. The summed E-state index contributed by atoms with van der Waals surface area (Å²) < 4.78 is 0.953. The van der Waals surface area contributed by atoms with Crippen LogP contribution in [0.5, 0.6) is 0 Å². The van der Waals surface area contributed by atoms with Gasteiger partial charge in [0.15, 0.2) is 0 Å². The van der Waals surface area contributed by atoms with Crippen molar-refractivity contribution in [3.05, 3.63) is 40.5 Å². The van der Waals surface area contributed by atoms with Gasteiger partial charge in [-0.2, -0.15) is 4.99 Å². The van der Waals surface area contributed by atoms with Crippen molar-refractivity contribution < 1.29 is 4.79 Å². The molecule has 0 saturated carbocycles. The van der Waals surface area contributed by atoms with Crippen molar-refractivity contribution >= 4 is 38.7 Å². The van der Waals surface area contributed by atoms with Crippen molar-refractivity contribution in [2.24, 2.45) is 10.7 Å². The molecule has 90 valence electrons. The average Bonchev–Trinajstić information content (AvgIpc) is 2.69. The number of hydrogen-bond acceptors (Lipinski definition) is 3. The zero-order chi connectivity index (χ0) is 12.7. The number of benzene rings is 1. The van der Waals surface area contributed by atoms with Gasteiger partial charge in [0.1, 0.15) is 11.9 Å². The summed E-state index contributed by atoms with van der Waals surface area (Å²) in [5.41, 5.74) is 7.41. The van der Waals surface area contributed by atoms with Crippen LogP contribution in [-0.2, 0) is 0 Å². The minimum absolute atomic E-state index is 0.272. The number of carbonyl (C=O) groups excluding carboxylic acids is 1. The summed E-state index contributed by atoms with van der Waals surface area (Å²) in [6, 6.07) is 6.81. The molecular formula is C12H9BrN4O. The number of hydrogen-bond donors (Lipinski definition) is 2. The predicted octanol–water partition coefficient (Wildman–Crippen LogP) is 2.12. The van der Waals surface area contributed by atoms with E-state index in [0.717, 1.165) is 20.9 Å². The molecule has 1 unspecified atom stereocenters. The number of fused-ring (bicyclic) bond motifs is 1. The van der Waals surface area contributed by atoms with Crippen molar-refractivity contribution in [2.75, 3.05) is 0 Å². The quantitative estimate of drug-likeness (QED) is 0.847. The van der Waals surface area contributed by atoms with E-state index >= 15 is 0 Å². The number of rotatable bonds is 1. The van der Waals surface area contributed by atoms with Crippen LogP contribution in [0.1, 0.15) is 11.6 Å². The highest BCUT2D eigenvalue weighted by atomic mass is 79.9. The smallest absolute Gasteiger partial charge is 0.343 e. The normalized spacial score (nSPS) is 18.8. The number of amides is 2. The lowest BCUT2D eigenvalue weighted by Gasteiger charge is -2.13. The van der Waals surface area contributed by atoms with Crippen molar-refractivity contribution in [1.82, 2.24) is 10.3 Å². The molecule has 2 amide bonds. The Balaban J connectivity index is 2.22. The number of nitrogens with two attached hydrogens (primary N) is 1. The van der Waals surface area contributed by atoms with Gasteiger partial charge in [-0.05, 0) is 12.1 Å². The number of nitrogens with zero attached hydrogens (tertiary/aromatic N) is 2. The Hall–Kier alpha value is -1.95. The third-order valence-electron chi connectivity index (χ3n) is 2.85. The number of nitrogens with one attached hydrogen (secondary N) is 1. The highest BCUT2D eigenvalue weighted by molar-refractivity contribution is 9.10. The first kappa shape index (κ1) is 11.2. The number of urea groups is 1. The predicted molar refractivity (Wildman–Crippen MR) is 72.3 cm³/mol. The van der Waals surface area contributed by atoms with Gasteiger partial charge >= 0.3 is 6.03 Å². The van der Waals surface area contributed by atoms with Crippen LogP contribution < -0.4 is 11.1 Å². The maximum Gasteiger partial charge on any atom is 0.343 e. The molecule has 3 N–H and O–H groups in total. The number of aromatic nitrogens is 1. The third-order valence-corrected chi connectivity index (χ3v) is 3.54. The van der Waals surface area contributed by atoms with Gasteiger partial charge in [0, 0.05) is 21.6 Å². The fourth-order valence-corrected chi connectivity index (χ4v) is 2.49. The summed E-state index contributed by atoms with van der Waals surface area (Å²) in [6.07, 6.45) is 1.71. The summed E-state index contributed by atoms with van der Waals surface area (Å²) in [7, 11) is 0. The standard InChI is InChI=1S/C12H9BrN4O/c13-8-4-3-7(9-6(8)2-1-5-15-9)10-11(14)17-12(18)16-10/h1-5,10H,(H3,14,16,17,18). The molecule has 1 aliphatic heterocycles. The van der Waals surface area contributed by atoms with Gasteiger partial charge in [-0.1, -0.05) is 28.1 Å². The fourth-order valence-electron chi connectivity index (χ4n) is 2.04. The molecule has 1 aromatic heterocycles. The second kappa shape index (κ2) is 4.06. The van der Waals surface area contributed by atoms with E-state index in [9.17, 15) is 4.79 Å². The molecule has 2 aromatic rings. The Morgan fingerprint density at radius 2 is 2.17 bits per heavy atom. The molecule has 5 nitrogen and oxygen atoms in total. The van der Waals surface area contributed by atoms with Gasteiger partial charge in [-0.25, -0.2) is 4.79 Å². The molecule has 0 spiro atoms. The minimum Gasteiger partial charge on any atom is -0.385 e. The van der Waals surface area contributed by atoms with Crippen LogP contribution >= 0.6 is 15.9 Å². The van der Waals surface area contributed by atoms with E-state index in [-0.39, 0.29) is 5.84 Å². The van der Waals surface area contributed by atoms with Gasteiger partial charge in [-0.3, -0.25) is 4.98 Å². The average molecular weight is 305 g/mol. The van der Waals surface area contributed by atoms with Crippen LogP contribution in [-0.4, -0.2) is 16.9 Å². The molecule has 18 heavy (non-hydrogen) atoms. The molecule has 1 atom stereocenters. The molecule has 0 bridgehead atoms. The number of halogens is 1. The highest BCUT2D eigenvalue weighted by Crippen LogP contribution is 2.29. The van der Waals surface area contributed by atoms with Gasteiger partial charge < -0.3 is 11.1 Å². The molecular weight excluding hydrogens is 296 g/mol. The van der Waals surface area contributed by atoms with E-state index in [0.29, 0.717) is 0 Å². The van der Waals surface area contributed by atoms with Crippen LogP contribution in [0.3, 0.4) is 0 Å². The monoisotopic (exact) mass is 304 g/mol. The van der Waals surface area contributed by atoms with Gasteiger partial charge in [-0.15, -0.1) is 0 Å². The molecule has 0 fully saturated rings. The Bertz CT molecular complexity index is 683. The summed E-state index contributed by atoms with van der Waals surface area (Å²) in [4.78, 5) is 19.3. The van der Waals surface area contributed by atoms with Gasteiger partial charge in [0.25, 0.3) is 0 Å². The second-order valence-corrected chi connectivity index (χ2v) is 4.81. The maximum atomic E-state index is 11.2. The Labute approximate surface area is 111 Å². The van der Waals surface area contributed by atoms with E-state index in [1.54, 1.807) is 6.20 Å². The van der Waals surface area contributed by atoms with E-state index < -0.39 is 12.1 Å². The highest BCUT2D eigenvalue weighted by Gasteiger charge is 2.27. The SMILES string of the molecule is NC1=NC(=O)NC1c1ccc(Br)c2cccnc12. The van der Waals surface area contributed by atoms with Gasteiger partial charge in [0.05, 0.1) is 5.52 Å². The maximum absolute atomic E-state index is 11.2. The fraction of sp³-hybridized carbons (Fsp3) is 0.0833. The molecule has 2 heterocycles. The van der Waals surface area contributed by atoms with E-state index in [1.807, 2.05) is 24.3 Å². The largest absolute Gasteiger partial charge is 0.385 e. The van der Waals surface area contributed by atoms with Crippen molar-refractivity contribution in [2.45, 2.75) is 6.04 Å². The topological polar surface area (TPSA) is 80.4 Å². The van der Waals surface area contributed by atoms with Gasteiger partial charge in [0.2, 0.25) is 0 Å². The number of aliphatic imine (C=N–C) groups is 1. The van der Waals surface area contributed by atoms with Crippen molar-refractivity contribution in [3.63, 3.8) is 0 Å². The molecule has 0 radical (unpaired) electrons. The number of pyridine rings is 1. The van der Waals surface area contributed by atoms with Crippen LogP contribution in [0.2, 0.25) is 0 Å². The summed E-state index contributed by atoms with van der Waals surface area (Å²) in [6.45, 7) is 0. The van der Waals surface area contributed by atoms with E-state index in [2.05, 4.69) is 31.2 Å². The zero-order valence-corrected chi connectivity index (χ0v) is 10.8. The van der Waals surface area contributed by atoms with Crippen LogP contribution in [0, 0.1) is 0 Å². The zero-order valence-electron chi connectivity index (χ0n) is 9.22.